The second-order valence-electron chi connectivity index (χ2n) is 12.2. The number of halogens is 2. The first-order valence-corrected chi connectivity index (χ1v) is 16.2. The number of piperazine rings is 1. The highest BCUT2D eigenvalue weighted by Crippen LogP contribution is 2.50. The van der Waals surface area contributed by atoms with Gasteiger partial charge in [-0.15, -0.1) is 0 Å². The molecular weight excluding hydrogens is 633 g/mol. The van der Waals surface area contributed by atoms with Crippen LogP contribution in [0.15, 0.2) is 48.7 Å². The molecule has 0 spiro atoms. The largest absolute Gasteiger partial charge is 0.465 e. The van der Waals surface area contributed by atoms with Crippen LogP contribution in [0, 0.1) is 0 Å². The van der Waals surface area contributed by atoms with Crippen molar-refractivity contribution >= 4 is 45.9 Å². The molecule has 8 rings (SSSR count). The van der Waals surface area contributed by atoms with Crippen molar-refractivity contribution in [1.29, 1.82) is 0 Å². The zero-order chi connectivity index (χ0) is 31.6. The smallest absolute Gasteiger partial charge is 0.337 e. The Morgan fingerprint density at radius 2 is 1.96 bits per heavy atom. The summed E-state index contributed by atoms with van der Waals surface area (Å²) in [4.78, 5) is 26.7. The molecule has 2 aromatic carbocycles. The van der Waals surface area contributed by atoms with Crippen molar-refractivity contribution in [2.75, 3.05) is 44.9 Å². The van der Waals surface area contributed by atoms with Crippen LogP contribution < -0.4 is 14.4 Å². The number of hydrogen-bond donors (Lipinski definition) is 0. The van der Waals surface area contributed by atoms with Crippen LogP contribution in [0.3, 0.4) is 0 Å². The number of ether oxygens (including phenoxy) is 5. The molecule has 0 bridgehead atoms. The Bertz CT molecular complexity index is 1810. The lowest BCUT2D eigenvalue weighted by atomic mass is 10.0. The molecule has 0 N–H and O–H groups in total. The lowest BCUT2D eigenvalue weighted by Gasteiger charge is -2.44. The highest BCUT2D eigenvalue weighted by Gasteiger charge is 2.46. The molecular formula is C33H33Cl2N5O6. The van der Waals surface area contributed by atoms with Crippen molar-refractivity contribution in [2.24, 2.45) is 0 Å². The average Bonchev–Trinajstić information content (AvgIpc) is 3.75. The summed E-state index contributed by atoms with van der Waals surface area (Å²) in [5.41, 5.74) is 3.46. The lowest BCUT2D eigenvalue weighted by molar-refractivity contribution is -0.0716. The Morgan fingerprint density at radius 3 is 2.72 bits per heavy atom. The van der Waals surface area contributed by atoms with Gasteiger partial charge in [0.1, 0.15) is 17.0 Å². The van der Waals surface area contributed by atoms with E-state index in [4.69, 9.17) is 51.9 Å². The van der Waals surface area contributed by atoms with Gasteiger partial charge in [0.25, 0.3) is 5.79 Å². The van der Waals surface area contributed by atoms with Crippen LogP contribution in [0.1, 0.15) is 35.2 Å². The summed E-state index contributed by atoms with van der Waals surface area (Å²) in [6.45, 7) is 6.55. The van der Waals surface area contributed by atoms with Gasteiger partial charge in [-0.3, -0.25) is 9.88 Å². The number of esters is 1. The number of rotatable bonds is 7. The van der Waals surface area contributed by atoms with Gasteiger partial charge in [-0.2, -0.15) is 0 Å². The third-order valence-electron chi connectivity index (χ3n) is 9.41. The van der Waals surface area contributed by atoms with E-state index in [9.17, 15) is 4.79 Å². The van der Waals surface area contributed by atoms with Crippen LogP contribution >= 0.6 is 23.2 Å². The first-order valence-electron chi connectivity index (χ1n) is 15.4. The van der Waals surface area contributed by atoms with Crippen LogP contribution in [-0.2, 0) is 33.1 Å². The molecule has 0 amide bonds. The minimum absolute atomic E-state index is 0.0895. The second kappa shape index (κ2) is 11.6. The molecule has 0 radical (unpaired) electrons. The van der Waals surface area contributed by atoms with Gasteiger partial charge >= 0.3 is 5.97 Å². The van der Waals surface area contributed by atoms with Crippen molar-refractivity contribution in [3.8, 4) is 11.5 Å². The quantitative estimate of drug-likeness (QED) is 0.249. The van der Waals surface area contributed by atoms with Gasteiger partial charge in [0.2, 0.25) is 0 Å². The average molecular weight is 667 g/mol. The minimum Gasteiger partial charge on any atom is -0.465 e. The Hall–Kier alpha value is -3.61. The van der Waals surface area contributed by atoms with E-state index in [1.807, 2.05) is 31.2 Å². The molecule has 4 atom stereocenters. The van der Waals surface area contributed by atoms with Gasteiger partial charge in [0, 0.05) is 32.8 Å². The van der Waals surface area contributed by atoms with Gasteiger partial charge in [-0.1, -0.05) is 29.3 Å². The van der Waals surface area contributed by atoms with Crippen LogP contribution in [0.4, 0.5) is 5.69 Å². The van der Waals surface area contributed by atoms with E-state index in [1.54, 1.807) is 18.3 Å². The van der Waals surface area contributed by atoms with Gasteiger partial charge < -0.3 is 33.2 Å². The van der Waals surface area contributed by atoms with E-state index in [1.165, 1.54) is 7.11 Å². The van der Waals surface area contributed by atoms with Gasteiger partial charge in [0.05, 0.1) is 78.4 Å². The molecule has 6 heterocycles. The molecule has 3 unspecified atom stereocenters. The number of benzene rings is 2. The molecule has 0 saturated carbocycles. The Kier molecular flexibility index (Phi) is 7.49. The van der Waals surface area contributed by atoms with Crippen LogP contribution in [-0.4, -0.2) is 83.6 Å². The van der Waals surface area contributed by atoms with E-state index < -0.39 is 11.8 Å². The van der Waals surface area contributed by atoms with E-state index in [-0.39, 0.29) is 18.2 Å². The number of pyridine rings is 1. The molecule has 11 nitrogen and oxygen atoms in total. The summed E-state index contributed by atoms with van der Waals surface area (Å²) >= 11 is 12.8. The first kappa shape index (κ1) is 29.8. The van der Waals surface area contributed by atoms with Crippen LogP contribution in [0.25, 0.3) is 11.0 Å². The second-order valence-corrected chi connectivity index (χ2v) is 13.0. The number of carbonyl (C=O) groups is 1. The number of fused-ring (bicyclic) bond motifs is 3. The number of anilines is 1. The maximum Gasteiger partial charge on any atom is 0.337 e. The van der Waals surface area contributed by atoms with Crippen LogP contribution in [0.5, 0.6) is 11.5 Å². The molecule has 4 aromatic rings. The standard InChI is InChI=1S/C33H33Cl2N5O6/c1-33(28-7-6-20(34)14-36-28)45-27-5-3-4-23(31(27)46-33)39-10-9-38(25-17-43-18-26(25)39)16-29-37-30-22(35)12-19(32(41)42-2)13-24(30)40(29)15-21-8-11-44-21/h3-7,12-14,21,25-26H,8-11,15-18H2,1-2H3/t21-,25?,26?,33?/m0/s1. The van der Waals surface area contributed by atoms with Gasteiger partial charge in [0.15, 0.2) is 11.5 Å². The maximum absolute atomic E-state index is 12.4. The summed E-state index contributed by atoms with van der Waals surface area (Å²) in [6.07, 6.45) is 2.66. The fourth-order valence-electron chi connectivity index (χ4n) is 6.93. The lowest BCUT2D eigenvalue weighted by Crippen LogP contribution is -2.59. The van der Waals surface area contributed by atoms with E-state index in [0.717, 1.165) is 43.1 Å². The SMILES string of the molecule is COC(=O)c1cc(Cl)c2nc(CN3CCN(c4cccc5c4OC(C)(c4ccc(Cl)cn4)O5)C4COCC43)n(C[C@@H]3CCO3)c2c1. The number of carbonyl (C=O) groups excluding carboxylic acids is 1. The van der Waals surface area contributed by atoms with Crippen LogP contribution in [0.2, 0.25) is 10.0 Å². The molecule has 46 heavy (non-hydrogen) atoms. The van der Waals surface area contributed by atoms with Crippen molar-refractivity contribution in [3.63, 3.8) is 0 Å². The van der Waals surface area contributed by atoms with Gasteiger partial charge in [-0.25, -0.2) is 9.78 Å². The Balaban J connectivity index is 1.08. The number of para-hydroxylation sites is 1. The summed E-state index contributed by atoms with van der Waals surface area (Å²) in [6, 6.07) is 13.2. The van der Waals surface area contributed by atoms with E-state index >= 15 is 0 Å². The molecule has 240 valence electrons. The van der Waals surface area contributed by atoms with Crippen molar-refractivity contribution in [1.82, 2.24) is 19.4 Å². The summed E-state index contributed by atoms with van der Waals surface area (Å²) in [5, 5.41) is 0.968. The number of hydrogen-bond acceptors (Lipinski definition) is 10. The molecule has 3 saturated heterocycles. The Labute approximate surface area is 275 Å². The first-order chi connectivity index (χ1) is 22.3. The normalized spacial score (nSPS) is 25.5. The maximum atomic E-state index is 12.4. The third kappa shape index (κ3) is 5.05. The predicted octanol–water partition coefficient (Wildman–Crippen LogP) is 5.05. The molecule has 0 aliphatic carbocycles. The van der Waals surface area contributed by atoms with Crippen molar-refractivity contribution in [3.05, 3.63) is 75.8 Å². The summed E-state index contributed by atoms with van der Waals surface area (Å²) in [7, 11) is 1.36. The fraction of sp³-hybridized carbons (Fsp3) is 0.424. The zero-order valence-electron chi connectivity index (χ0n) is 25.4. The highest BCUT2D eigenvalue weighted by molar-refractivity contribution is 6.35. The molecule has 13 heteroatoms. The molecule has 4 aliphatic rings. The van der Waals surface area contributed by atoms with Gasteiger partial charge in [-0.05, 0) is 42.8 Å². The van der Waals surface area contributed by atoms with Crippen molar-refractivity contribution in [2.45, 2.75) is 50.4 Å². The molecule has 3 fully saturated rings. The Morgan fingerprint density at radius 1 is 1.11 bits per heavy atom. The third-order valence-corrected chi connectivity index (χ3v) is 9.92. The predicted molar refractivity (Wildman–Crippen MR) is 171 cm³/mol. The number of nitrogens with zero attached hydrogens (tertiary/aromatic N) is 5. The number of imidazole rings is 1. The summed E-state index contributed by atoms with van der Waals surface area (Å²) in [5.74, 6) is 0.724. The fourth-order valence-corrected chi connectivity index (χ4v) is 7.30. The minimum atomic E-state index is -1.07. The zero-order valence-corrected chi connectivity index (χ0v) is 27.0. The molecule has 2 aromatic heterocycles. The summed E-state index contributed by atoms with van der Waals surface area (Å²) < 4.78 is 31.9. The number of methoxy groups -OCH3 is 1. The topological polar surface area (TPSA) is 100 Å². The van der Waals surface area contributed by atoms with E-state index in [0.29, 0.717) is 64.6 Å². The molecule has 4 aliphatic heterocycles. The monoisotopic (exact) mass is 665 g/mol. The van der Waals surface area contributed by atoms with E-state index in [2.05, 4.69) is 25.4 Å². The number of aromatic nitrogens is 3. The highest BCUT2D eigenvalue weighted by atomic mass is 35.5. The van der Waals surface area contributed by atoms with Crippen molar-refractivity contribution < 1.29 is 28.5 Å².